The molecule has 0 fully saturated rings. The second-order valence-corrected chi connectivity index (χ2v) is 5.55. The van der Waals surface area contributed by atoms with Gasteiger partial charge in [-0.1, -0.05) is 12.1 Å². The highest BCUT2D eigenvalue weighted by Crippen LogP contribution is 2.18. The van der Waals surface area contributed by atoms with E-state index in [1.807, 2.05) is 12.1 Å². The number of methoxy groups -OCH3 is 1. The van der Waals surface area contributed by atoms with Gasteiger partial charge in [-0.25, -0.2) is 0 Å². The zero-order valence-corrected chi connectivity index (χ0v) is 12.0. The van der Waals surface area contributed by atoms with E-state index in [2.05, 4.69) is 29.0 Å². The van der Waals surface area contributed by atoms with E-state index in [1.165, 1.54) is 11.1 Å². The van der Waals surface area contributed by atoms with Crippen LogP contribution in [0.3, 0.4) is 0 Å². The molecular weight excluding hydrogens is 256 g/mol. The van der Waals surface area contributed by atoms with Crippen LogP contribution in [0.1, 0.15) is 17.5 Å². The molecule has 2 nitrogen and oxygen atoms in total. The minimum atomic E-state index is 0.246. The second kappa shape index (κ2) is 7.31. The maximum atomic E-state index is 9.49. The fourth-order valence-electron chi connectivity index (χ4n) is 2.16. The molecule has 2 aromatic rings. The molecule has 0 amide bonds. The lowest BCUT2D eigenvalue weighted by atomic mass is 9.94. The van der Waals surface area contributed by atoms with Crippen LogP contribution in [0.5, 0.6) is 5.75 Å². The highest BCUT2D eigenvalue weighted by molar-refractivity contribution is 7.07. The molecule has 1 aromatic heterocycles. The molecule has 0 aliphatic heterocycles. The van der Waals surface area contributed by atoms with Crippen molar-refractivity contribution in [2.45, 2.75) is 19.3 Å². The van der Waals surface area contributed by atoms with E-state index in [-0.39, 0.29) is 6.61 Å². The highest BCUT2D eigenvalue weighted by Gasteiger charge is 2.09. The third kappa shape index (κ3) is 4.37. The van der Waals surface area contributed by atoms with Crippen LogP contribution in [-0.2, 0) is 12.8 Å². The van der Waals surface area contributed by atoms with Gasteiger partial charge < -0.3 is 9.84 Å². The fraction of sp³-hybridized carbons (Fsp3) is 0.375. The number of aliphatic hydroxyl groups is 1. The minimum absolute atomic E-state index is 0.246. The van der Waals surface area contributed by atoms with Crippen molar-refractivity contribution in [1.82, 2.24) is 0 Å². The summed E-state index contributed by atoms with van der Waals surface area (Å²) in [5.41, 5.74) is 2.63. The van der Waals surface area contributed by atoms with Gasteiger partial charge in [0.1, 0.15) is 5.75 Å². The van der Waals surface area contributed by atoms with Crippen LogP contribution < -0.4 is 4.74 Å². The van der Waals surface area contributed by atoms with Crippen molar-refractivity contribution >= 4 is 11.3 Å². The number of thiophene rings is 1. The quantitative estimate of drug-likeness (QED) is 0.838. The largest absolute Gasteiger partial charge is 0.497 e. The van der Waals surface area contributed by atoms with Crippen molar-refractivity contribution in [3.8, 4) is 5.75 Å². The van der Waals surface area contributed by atoms with Gasteiger partial charge in [0.05, 0.1) is 7.11 Å². The highest BCUT2D eigenvalue weighted by atomic mass is 32.1. The first-order valence-corrected chi connectivity index (χ1v) is 7.51. The van der Waals surface area contributed by atoms with Crippen molar-refractivity contribution in [1.29, 1.82) is 0 Å². The SMILES string of the molecule is COc1ccc(CC(CO)CCc2ccsc2)cc1. The average molecular weight is 276 g/mol. The maximum absolute atomic E-state index is 9.49. The van der Waals surface area contributed by atoms with E-state index in [0.717, 1.165) is 25.0 Å². The van der Waals surface area contributed by atoms with Gasteiger partial charge in [-0.3, -0.25) is 0 Å². The predicted molar refractivity (Wildman–Crippen MR) is 79.9 cm³/mol. The molecule has 102 valence electrons. The van der Waals surface area contributed by atoms with Gasteiger partial charge in [-0.05, 0) is 65.3 Å². The fourth-order valence-corrected chi connectivity index (χ4v) is 2.86. The van der Waals surface area contributed by atoms with Crippen LogP contribution in [0.25, 0.3) is 0 Å². The summed E-state index contributed by atoms with van der Waals surface area (Å²) >= 11 is 1.73. The lowest BCUT2D eigenvalue weighted by Gasteiger charge is -2.14. The molecule has 1 atom stereocenters. The van der Waals surface area contributed by atoms with Crippen LogP contribution in [-0.4, -0.2) is 18.8 Å². The summed E-state index contributed by atoms with van der Waals surface area (Å²) < 4.78 is 5.15. The van der Waals surface area contributed by atoms with Gasteiger partial charge in [0, 0.05) is 6.61 Å². The van der Waals surface area contributed by atoms with E-state index >= 15 is 0 Å². The maximum Gasteiger partial charge on any atom is 0.118 e. The molecule has 0 bridgehead atoms. The van der Waals surface area contributed by atoms with Gasteiger partial charge in [-0.2, -0.15) is 11.3 Å². The van der Waals surface area contributed by atoms with Crippen LogP contribution in [0.2, 0.25) is 0 Å². The molecule has 2 rings (SSSR count). The average Bonchev–Trinajstić information content (AvgIpc) is 2.97. The second-order valence-electron chi connectivity index (χ2n) is 4.77. The van der Waals surface area contributed by atoms with Crippen LogP contribution in [0, 0.1) is 5.92 Å². The summed E-state index contributed by atoms with van der Waals surface area (Å²) in [6.45, 7) is 0.246. The summed E-state index contributed by atoms with van der Waals surface area (Å²) in [4.78, 5) is 0. The first-order valence-electron chi connectivity index (χ1n) is 6.56. The number of ether oxygens (including phenoxy) is 1. The van der Waals surface area contributed by atoms with E-state index in [1.54, 1.807) is 18.4 Å². The van der Waals surface area contributed by atoms with Gasteiger partial charge in [0.2, 0.25) is 0 Å². The van der Waals surface area contributed by atoms with E-state index in [9.17, 15) is 5.11 Å². The summed E-state index contributed by atoms with van der Waals surface area (Å²) in [7, 11) is 1.67. The predicted octanol–water partition coefficient (Wildman–Crippen LogP) is 3.54. The van der Waals surface area contributed by atoms with Crippen molar-refractivity contribution in [2.75, 3.05) is 13.7 Å². The topological polar surface area (TPSA) is 29.5 Å². The third-order valence-electron chi connectivity index (χ3n) is 3.36. The lowest BCUT2D eigenvalue weighted by Crippen LogP contribution is -2.10. The van der Waals surface area contributed by atoms with E-state index in [4.69, 9.17) is 4.74 Å². The Morgan fingerprint density at radius 1 is 1.16 bits per heavy atom. The molecular formula is C16H20O2S. The smallest absolute Gasteiger partial charge is 0.118 e. The Hall–Kier alpha value is -1.32. The summed E-state index contributed by atoms with van der Waals surface area (Å²) in [5, 5.41) is 13.8. The number of benzene rings is 1. The third-order valence-corrected chi connectivity index (χ3v) is 4.10. The number of aliphatic hydroxyl groups excluding tert-OH is 1. The summed E-state index contributed by atoms with van der Waals surface area (Å²) in [6, 6.07) is 10.3. The summed E-state index contributed by atoms with van der Waals surface area (Å²) in [5.74, 6) is 1.20. The first kappa shape index (κ1) is 14.1. The van der Waals surface area contributed by atoms with Crippen molar-refractivity contribution in [3.63, 3.8) is 0 Å². The monoisotopic (exact) mass is 276 g/mol. The number of hydrogen-bond acceptors (Lipinski definition) is 3. The molecule has 0 saturated carbocycles. The standard InChI is InChI=1S/C16H20O2S/c1-18-16-6-4-13(5-7-16)10-15(11-17)3-2-14-8-9-19-12-14/h4-9,12,15,17H,2-3,10-11H2,1H3. The Labute approximate surface area is 118 Å². The minimum Gasteiger partial charge on any atom is -0.497 e. The van der Waals surface area contributed by atoms with Crippen molar-refractivity contribution < 1.29 is 9.84 Å². The van der Waals surface area contributed by atoms with Gasteiger partial charge in [0.15, 0.2) is 0 Å². The molecule has 1 aromatic carbocycles. The molecule has 0 spiro atoms. The first-order chi connectivity index (χ1) is 9.31. The Balaban J connectivity index is 1.87. The van der Waals surface area contributed by atoms with E-state index < -0.39 is 0 Å². The molecule has 1 unspecified atom stereocenters. The Morgan fingerprint density at radius 2 is 1.95 bits per heavy atom. The Kier molecular flexibility index (Phi) is 5.43. The van der Waals surface area contributed by atoms with Crippen LogP contribution in [0.4, 0.5) is 0 Å². The molecule has 3 heteroatoms. The molecule has 0 aliphatic carbocycles. The van der Waals surface area contributed by atoms with E-state index in [0.29, 0.717) is 5.92 Å². The summed E-state index contributed by atoms with van der Waals surface area (Å²) in [6.07, 6.45) is 2.99. The zero-order chi connectivity index (χ0) is 13.5. The number of hydrogen-bond donors (Lipinski definition) is 1. The Morgan fingerprint density at radius 3 is 2.53 bits per heavy atom. The van der Waals surface area contributed by atoms with Gasteiger partial charge in [0.25, 0.3) is 0 Å². The molecule has 0 aliphatic rings. The molecule has 1 N–H and O–H groups in total. The van der Waals surface area contributed by atoms with Crippen molar-refractivity contribution in [3.05, 3.63) is 52.2 Å². The molecule has 1 heterocycles. The van der Waals surface area contributed by atoms with Gasteiger partial charge >= 0.3 is 0 Å². The number of rotatable bonds is 7. The molecule has 19 heavy (non-hydrogen) atoms. The van der Waals surface area contributed by atoms with Crippen molar-refractivity contribution in [2.24, 2.45) is 5.92 Å². The van der Waals surface area contributed by atoms with Crippen LogP contribution in [0.15, 0.2) is 41.1 Å². The number of aryl methyl sites for hydroxylation is 1. The van der Waals surface area contributed by atoms with Crippen LogP contribution >= 0.6 is 11.3 Å². The molecule has 0 radical (unpaired) electrons. The lowest BCUT2D eigenvalue weighted by molar-refractivity contribution is 0.218. The Bertz CT molecular complexity index is 462. The molecule has 0 saturated heterocycles. The van der Waals surface area contributed by atoms with Gasteiger partial charge in [-0.15, -0.1) is 0 Å². The zero-order valence-electron chi connectivity index (χ0n) is 11.2. The normalized spacial score (nSPS) is 12.3.